The summed E-state index contributed by atoms with van der Waals surface area (Å²) in [5, 5.41) is 9.23. The van der Waals surface area contributed by atoms with Crippen LogP contribution in [0.25, 0.3) is 10.1 Å². The first kappa shape index (κ1) is 13.9. The van der Waals surface area contributed by atoms with Crippen molar-refractivity contribution in [2.45, 2.75) is 25.4 Å². The molecule has 0 aliphatic heterocycles. The van der Waals surface area contributed by atoms with E-state index in [0.717, 1.165) is 21.7 Å². The molecule has 0 radical (unpaired) electrons. The third kappa shape index (κ3) is 3.07. The zero-order chi connectivity index (χ0) is 14.2. The molecule has 2 rings (SSSR count). The van der Waals surface area contributed by atoms with E-state index < -0.39 is 17.7 Å². The van der Waals surface area contributed by atoms with Crippen molar-refractivity contribution in [2.75, 3.05) is 0 Å². The summed E-state index contributed by atoms with van der Waals surface area (Å²) in [5.74, 6) is -1.12. The fourth-order valence-electron chi connectivity index (χ4n) is 1.85. The van der Waals surface area contributed by atoms with Crippen LogP contribution in [-0.2, 0) is 11.0 Å². The Morgan fingerprint density at radius 3 is 2.63 bits per heavy atom. The molecule has 0 saturated carbocycles. The maximum absolute atomic E-state index is 12.6. The number of carboxylic acid groups (broad SMARTS) is 1. The van der Waals surface area contributed by atoms with Gasteiger partial charge in [-0.3, -0.25) is 4.79 Å². The van der Waals surface area contributed by atoms with E-state index >= 15 is 0 Å². The molecule has 0 saturated heterocycles. The molecule has 0 aliphatic carbocycles. The van der Waals surface area contributed by atoms with Gasteiger partial charge in [0.05, 0.1) is 12.0 Å². The van der Waals surface area contributed by atoms with Crippen molar-refractivity contribution in [1.29, 1.82) is 0 Å². The first-order chi connectivity index (χ1) is 8.77. The van der Waals surface area contributed by atoms with Gasteiger partial charge in [0, 0.05) is 15.5 Å². The van der Waals surface area contributed by atoms with Crippen LogP contribution in [0.4, 0.5) is 13.2 Å². The first-order valence-electron chi connectivity index (χ1n) is 5.60. The highest BCUT2D eigenvalue weighted by molar-refractivity contribution is 7.19. The summed E-state index contributed by atoms with van der Waals surface area (Å²) in [6.45, 7) is 1.75. The van der Waals surface area contributed by atoms with Crippen molar-refractivity contribution < 1.29 is 23.1 Å². The molecule has 0 amide bonds. The van der Waals surface area contributed by atoms with Crippen LogP contribution >= 0.6 is 11.3 Å². The minimum absolute atomic E-state index is 0.0288. The van der Waals surface area contributed by atoms with Gasteiger partial charge in [0.15, 0.2) is 0 Å². The summed E-state index contributed by atoms with van der Waals surface area (Å²) >= 11 is 1.34. The predicted molar refractivity (Wildman–Crippen MR) is 67.5 cm³/mol. The van der Waals surface area contributed by atoms with Crippen LogP contribution in [0.2, 0.25) is 0 Å². The van der Waals surface area contributed by atoms with Gasteiger partial charge in [0.1, 0.15) is 0 Å². The monoisotopic (exact) mass is 288 g/mol. The summed E-state index contributed by atoms with van der Waals surface area (Å²) < 4.78 is 38.5. The molecule has 2 nitrogen and oxygen atoms in total. The molecule has 19 heavy (non-hydrogen) atoms. The summed E-state index contributed by atoms with van der Waals surface area (Å²) in [6, 6.07) is 5.22. The van der Waals surface area contributed by atoms with E-state index in [-0.39, 0.29) is 12.3 Å². The normalized spacial score (nSPS) is 13.7. The first-order valence-corrected chi connectivity index (χ1v) is 6.41. The maximum Gasteiger partial charge on any atom is 0.416 e. The van der Waals surface area contributed by atoms with Crippen molar-refractivity contribution in [2.24, 2.45) is 0 Å². The van der Waals surface area contributed by atoms with Gasteiger partial charge in [-0.25, -0.2) is 0 Å². The zero-order valence-corrected chi connectivity index (χ0v) is 10.8. The predicted octanol–water partition coefficient (Wildman–Crippen LogP) is 4.50. The zero-order valence-electron chi connectivity index (χ0n) is 9.99. The molecule has 2 aromatic rings. The molecule has 102 valence electrons. The van der Waals surface area contributed by atoms with Gasteiger partial charge in [-0.15, -0.1) is 11.3 Å². The number of carbonyl (C=O) groups is 1. The smallest absolute Gasteiger partial charge is 0.416 e. The second-order valence-electron chi connectivity index (χ2n) is 4.40. The lowest BCUT2D eigenvalue weighted by Gasteiger charge is -2.05. The van der Waals surface area contributed by atoms with Gasteiger partial charge >= 0.3 is 12.1 Å². The Morgan fingerprint density at radius 1 is 1.37 bits per heavy atom. The number of halogens is 3. The van der Waals surface area contributed by atoms with Crippen LogP contribution in [0, 0.1) is 0 Å². The highest BCUT2D eigenvalue weighted by atomic mass is 32.1. The van der Waals surface area contributed by atoms with Gasteiger partial charge in [-0.2, -0.15) is 13.2 Å². The van der Waals surface area contributed by atoms with Crippen LogP contribution in [0.1, 0.15) is 29.7 Å². The lowest BCUT2D eigenvalue weighted by Crippen LogP contribution is -2.03. The van der Waals surface area contributed by atoms with Crippen LogP contribution < -0.4 is 0 Å². The van der Waals surface area contributed by atoms with Crippen molar-refractivity contribution in [1.82, 2.24) is 0 Å². The molecule has 1 heterocycles. The lowest BCUT2D eigenvalue weighted by atomic mass is 10.1. The fourth-order valence-corrected chi connectivity index (χ4v) is 2.94. The Morgan fingerprint density at radius 2 is 2.05 bits per heavy atom. The molecular weight excluding hydrogens is 277 g/mol. The van der Waals surface area contributed by atoms with Crippen molar-refractivity contribution in [3.63, 3.8) is 0 Å². The summed E-state index contributed by atoms with van der Waals surface area (Å²) in [5.41, 5.74) is -0.685. The van der Waals surface area contributed by atoms with Crippen LogP contribution in [-0.4, -0.2) is 11.1 Å². The second-order valence-corrected chi connectivity index (χ2v) is 5.51. The Bertz CT molecular complexity index is 616. The molecule has 0 bridgehead atoms. The molecule has 0 fully saturated rings. The Balaban J connectivity index is 2.38. The van der Waals surface area contributed by atoms with Crippen molar-refractivity contribution in [3.05, 3.63) is 34.7 Å². The van der Waals surface area contributed by atoms with Gasteiger partial charge in [-0.05, 0) is 29.7 Å². The number of benzene rings is 1. The third-order valence-electron chi connectivity index (χ3n) is 2.83. The largest absolute Gasteiger partial charge is 0.481 e. The van der Waals surface area contributed by atoms with Gasteiger partial charge in [0.25, 0.3) is 0 Å². The minimum Gasteiger partial charge on any atom is -0.481 e. The molecule has 1 N–H and O–H groups in total. The standard InChI is InChI=1S/C13H11F3O2S/c1-7(4-12(17)18)11-6-8-5-9(13(14,15)16)2-3-10(8)19-11/h2-3,5-7H,4H2,1H3,(H,17,18). The molecule has 6 heteroatoms. The van der Waals surface area contributed by atoms with Gasteiger partial charge in [-0.1, -0.05) is 6.92 Å². The number of carboxylic acids is 1. The number of hydrogen-bond donors (Lipinski definition) is 1. The average molecular weight is 288 g/mol. The Hall–Kier alpha value is -1.56. The number of aliphatic carboxylic acids is 1. The van der Waals surface area contributed by atoms with E-state index in [1.54, 1.807) is 13.0 Å². The van der Waals surface area contributed by atoms with Crippen LogP contribution in [0.3, 0.4) is 0 Å². The Labute approximate surface area is 111 Å². The number of alkyl halides is 3. The van der Waals surface area contributed by atoms with E-state index in [4.69, 9.17) is 5.11 Å². The minimum atomic E-state index is -4.36. The molecular formula is C13H11F3O2S. The number of fused-ring (bicyclic) bond motifs is 1. The van der Waals surface area contributed by atoms with Crippen LogP contribution in [0.5, 0.6) is 0 Å². The molecule has 1 atom stereocenters. The number of thiophene rings is 1. The van der Waals surface area contributed by atoms with E-state index in [1.807, 2.05) is 0 Å². The molecule has 1 aromatic carbocycles. The molecule has 1 unspecified atom stereocenters. The lowest BCUT2D eigenvalue weighted by molar-refractivity contribution is -0.138. The number of rotatable bonds is 3. The number of hydrogen-bond acceptors (Lipinski definition) is 2. The van der Waals surface area contributed by atoms with Crippen molar-refractivity contribution >= 4 is 27.4 Å². The average Bonchev–Trinajstić information content (AvgIpc) is 2.69. The molecule has 1 aromatic heterocycles. The summed E-state index contributed by atoms with van der Waals surface area (Å²) in [4.78, 5) is 11.4. The van der Waals surface area contributed by atoms with Crippen LogP contribution in [0.15, 0.2) is 24.3 Å². The Kier molecular flexibility index (Phi) is 3.54. The fraction of sp³-hybridized carbons (Fsp3) is 0.308. The third-order valence-corrected chi connectivity index (χ3v) is 4.18. The highest BCUT2D eigenvalue weighted by Gasteiger charge is 2.30. The van der Waals surface area contributed by atoms with Crippen molar-refractivity contribution in [3.8, 4) is 0 Å². The van der Waals surface area contributed by atoms with Gasteiger partial charge in [0.2, 0.25) is 0 Å². The van der Waals surface area contributed by atoms with E-state index in [9.17, 15) is 18.0 Å². The van der Waals surface area contributed by atoms with E-state index in [0.29, 0.717) is 5.39 Å². The topological polar surface area (TPSA) is 37.3 Å². The summed E-state index contributed by atoms with van der Waals surface area (Å²) in [7, 11) is 0. The van der Waals surface area contributed by atoms with Gasteiger partial charge < -0.3 is 5.11 Å². The molecule has 0 aliphatic rings. The van der Waals surface area contributed by atoms with E-state index in [1.165, 1.54) is 17.4 Å². The highest BCUT2D eigenvalue weighted by Crippen LogP contribution is 2.36. The molecule has 0 spiro atoms. The SMILES string of the molecule is CC(CC(=O)O)c1cc2cc(C(F)(F)F)ccc2s1. The van der Waals surface area contributed by atoms with E-state index in [2.05, 4.69) is 0 Å². The second kappa shape index (κ2) is 4.85. The summed E-state index contributed by atoms with van der Waals surface area (Å²) in [6.07, 6.45) is -4.39. The maximum atomic E-state index is 12.6. The quantitative estimate of drug-likeness (QED) is 0.903.